The van der Waals surface area contributed by atoms with Crippen molar-refractivity contribution in [1.29, 1.82) is 0 Å². The predicted molar refractivity (Wildman–Crippen MR) is 67.0 cm³/mol. The van der Waals surface area contributed by atoms with E-state index in [9.17, 15) is 9.90 Å². The Kier molecular flexibility index (Phi) is 4.52. The molecular weight excluding hydrogens is 242 g/mol. The molecule has 1 aromatic carbocycles. The number of aliphatic imine (C=N–C) groups is 1. The molecule has 4 nitrogen and oxygen atoms in total. The fourth-order valence-electron chi connectivity index (χ4n) is 1.31. The van der Waals surface area contributed by atoms with Gasteiger partial charge in [-0.05, 0) is 24.1 Å². The third-order valence-electron chi connectivity index (χ3n) is 2.25. The van der Waals surface area contributed by atoms with Crippen LogP contribution < -0.4 is 0 Å². The van der Waals surface area contributed by atoms with Crippen LogP contribution in [0, 0.1) is 5.92 Å². The molecule has 0 aliphatic heterocycles. The molecule has 0 aromatic heterocycles. The maximum absolute atomic E-state index is 10.9. The topological polar surface area (TPSA) is 69.9 Å². The summed E-state index contributed by atoms with van der Waals surface area (Å²) < 4.78 is 0. The number of phenols is 1. The zero-order chi connectivity index (χ0) is 13.0. The van der Waals surface area contributed by atoms with Crippen LogP contribution in [0.2, 0.25) is 5.02 Å². The van der Waals surface area contributed by atoms with E-state index in [1.807, 2.05) is 0 Å². The van der Waals surface area contributed by atoms with E-state index in [0.29, 0.717) is 10.6 Å². The van der Waals surface area contributed by atoms with Crippen LogP contribution in [0.1, 0.15) is 19.4 Å². The number of aromatic hydroxyl groups is 1. The first kappa shape index (κ1) is 13.5. The minimum Gasteiger partial charge on any atom is -0.507 e. The lowest BCUT2D eigenvalue weighted by atomic mass is 10.1. The van der Waals surface area contributed by atoms with E-state index in [2.05, 4.69) is 4.99 Å². The number of carbonyl (C=O) groups is 1. The number of carboxylic acid groups (broad SMARTS) is 1. The van der Waals surface area contributed by atoms with Crippen LogP contribution >= 0.6 is 11.6 Å². The van der Waals surface area contributed by atoms with Crippen LogP contribution in [0.25, 0.3) is 0 Å². The van der Waals surface area contributed by atoms with Gasteiger partial charge in [-0.25, -0.2) is 4.79 Å². The minimum absolute atomic E-state index is 0.0195. The fourth-order valence-corrected chi connectivity index (χ4v) is 1.49. The first-order valence-corrected chi connectivity index (χ1v) is 5.54. The Hall–Kier alpha value is -1.55. The van der Waals surface area contributed by atoms with Gasteiger partial charge in [0.05, 0.1) is 0 Å². The third kappa shape index (κ3) is 3.75. The Morgan fingerprint density at radius 2 is 2.12 bits per heavy atom. The van der Waals surface area contributed by atoms with Gasteiger partial charge in [0.25, 0.3) is 0 Å². The van der Waals surface area contributed by atoms with Crippen LogP contribution in [-0.2, 0) is 4.79 Å². The molecule has 0 unspecified atom stereocenters. The second-order valence-electron chi connectivity index (χ2n) is 4.01. The highest BCUT2D eigenvalue weighted by molar-refractivity contribution is 6.30. The molecule has 0 spiro atoms. The lowest BCUT2D eigenvalue weighted by molar-refractivity contribution is -0.139. The van der Waals surface area contributed by atoms with Gasteiger partial charge in [0.2, 0.25) is 0 Å². The van der Waals surface area contributed by atoms with Crippen molar-refractivity contribution in [2.24, 2.45) is 10.9 Å². The number of rotatable bonds is 4. The quantitative estimate of drug-likeness (QED) is 0.813. The van der Waals surface area contributed by atoms with Gasteiger partial charge in [0, 0.05) is 16.8 Å². The number of nitrogens with zero attached hydrogens (tertiary/aromatic N) is 1. The highest BCUT2D eigenvalue weighted by Gasteiger charge is 2.19. The van der Waals surface area contributed by atoms with Crippen molar-refractivity contribution >= 4 is 23.8 Å². The summed E-state index contributed by atoms with van der Waals surface area (Å²) in [4.78, 5) is 14.9. The van der Waals surface area contributed by atoms with Gasteiger partial charge in [0.15, 0.2) is 0 Å². The van der Waals surface area contributed by atoms with Crippen molar-refractivity contribution in [2.75, 3.05) is 0 Å². The number of halogens is 1. The van der Waals surface area contributed by atoms with Crippen molar-refractivity contribution in [3.05, 3.63) is 28.8 Å². The second-order valence-corrected chi connectivity index (χ2v) is 4.44. The van der Waals surface area contributed by atoms with Crippen LogP contribution in [0.5, 0.6) is 5.75 Å². The first-order chi connectivity index (χ1) is 7.91. The molecule has 0 aliphatic carbocycles. The van der Waals surface area contributed by atoms with Gasteiger partial charge in [-0.15, -0.1) is 0 Å². The summed E-state index contributed by atoms with van der Waals surface area (Å²) in [5.41, 5.74) is 0.407. The smallest absolute Gasteiger partial charge is 0.328 e. The Morgan fingerprint density at radius 3 is 2.65 bits per heavy atom. The summed E-state index contributed by atoms with van der Waals surface area (Å²) in [7, 11) is 0. The molecule has 0 bridgehead atoms. The molecule has 17 heavy (non-hydrogen) atoms. The van der Waals surface area contributed by atoms with Gasteiger partial charge < -0.3 is 10.2 Å². The van der Waals surface area contributed by atoms with E-state index in [4.69, 9.17) is 16.7 Å². The maximum Gasteiger partial charge on any atom is 0.328 e. The van der Waals surface area contributed by atoms with Crippen LogP contribution in [-0.4, -0.2) is 28.4 Å². The number of carboxylic acids is 1. The van der Waals surface area contributed by atoms with Gasteiger partial charge >= 0.3 is 5.97 Å². The normalized spacial score (nSPS) is 13.2. The standard InChI is InChI=1S/C12H14ClNO3/c1-7(2)11(12(16)17)14-6-8-5-9(13)3-4-10(8)15/h3-7,11,15H,1-2H3,(H,16,17)/t11-/m1/s1. The molecule has 0 fully saturated rings. The summed E-state index contributed by atoms with van der Waals surface area (Å²) in [6.45, 7) is 3.54. The molecule has 5 heteroatoms. The molecule has 0 heterocycles. The molecule has 1 aromatic rings. The molecule has 2 N–H and O–H groups in total. The van der Waals surface area contributed by atoms with Gasteiger partial charge in [-0.2, -0.15) is 0 Å². The maximum atomic E-state index is 10.9. The van der Waals surface area contributed by atoms with Crippen molar-refractivity contribution in [3.8, 4) is 5.75 Å². The monoisotopic (exact) mass is 255 g/mol. The summed E-state index contributed by atoms with van der Waals surface area (Å²) in [5.74, 6) is -1.09. The SMILES string of the molecule is CC(C)[C@@H](N=Cc1cc(Cl)ccc1O)C(=O)O. The van der Waals surface area contributed by atoms with Crippen molar-refractivity contribution in [1.82, 2.24) is 0 Å². The first-order valence-electron chi connectivity index (χ1n) is 5.16. The average Bonchev–Trinajstić information content (AvgIpc) is 2.22. The summed E-state index contributed by atoms with van der Waals surface area (Å²) >= 11 is 5.77. The Morgan fingerprint density at radius 1 is 1.47 bits per heavy atom. The second kappa shape index (κ2) is 5.68. The van der Waals surface area contributed by atoms with E-state index < -0.39 is 12.0 Å². The number of benzene rings is 1. The summed E-state index contributed by atoms with van der Waals surface area (Å²) in [6.07, 6.45) is 1.33. The average molecular weight is 256 g/mol. The fraction of sp³-hybridized carbons (Fsp3) is 0.333. The Balaban J connectivity index is 2.95. The van der Waals surface area contributed by atoms with E-state index in [0.717, 1.165) is 0 Å². The molecule has 92 valence electrons. The van der Waals surface area contributed by atoms with Crippen LogP contribution in [0.3, 0.4) is 0 Å². The Bertz CT molecular complexity index is 443. The van der Waals surface area contributed by atoms with Crippen LogP contribution in [0.4, 0.5) is 0 Å². The predicted octanol–water partition coefficient (Wildman–Crippen LogP) is 2.57. The van der Waals surface area contributed by atoms with E-state index in [1.165, 1.54) is 18.3 Å². The van der Waals surface area contributed by atoms with E-state index >= 15 is 0 Å². The number of hydrogen-bond acceptors (Lipinski definition) is 3. The zero-order valence-electron chi connectivity index (χ0n) is 9.59. The van der Waals surface area contributed by atoms with Gasteiger partial charge in [0.1, 0.15) is 11.8 Å². The molecule has 0 aliphatic rings. The summed E-state index contributed by atoms with van der Waals surface area (Å²) in [6, 6.07) is 3.69. The van der Waals surface area contributed by atoms with Gasteiger partial charge in [-0.1, -0.05) is 25.4 Å². The lowest BCUT2D eigenvalue weighted by Gasteiger charge is -2.10. The van der Waals surface area contributed by atoms with Crippen molar-refractivity contribution in [2.45, 2.75) is 19.9 Å². The molecule has 1 rings (SSSR count). The molecular formula is C12H14ClNO3. The molecule has 0 saturated carbocycles. The molecule has 0 saturated heterocycles. The summed E-state index contributed by atoms with van der Waals surface area (Å²) in [5, 5.41) is 18.9. The highest BCUT2D eigenvalue weighted by Crippen LogP contribution is 2.20. The number of aliphatic carboxylic acids is 1. The molecule has 0 radical (unpaired) electrons. The minimum atomic E-state index is -0.988. The molecule has 1 atom stereocenters. The van der Waals surface area contributed by atoms with Crippen molar-refractivity contribution < 1.29 is 15.0 Å². The zero-order valence-corrected chi connectivity index (χ0v) is 10.3. The van der Waals surface area contributed by atoms with Crippen molar-refractivity contribution in [3.63, 3.8) is 0 Å². The van der Waals surface area contributed by atoms with Crippen LogP contribution in [0.15, 0.2) is 23.2 Å². The number of hydrogen-bond donors (Lipinski definition) is 2. The molecule has 0 amide bonds. The van der Waals surface area contributed by atoms with E-state index in [1.54, 1.807) is 19.9 Å². The van der Waals surface area contributed by atoms with Gasteiger partial charge in [-0.3, -0.25) is 4.99 Å². The Labute approximate surface area is 105 Å². The number of phenolic OH excluding ortho intramolecular Hbond substituents is 1. The third-order valence-corrected chi connectivity index (χ3v) is 2.48. The van der Waals surface area contributed by atoms with E-state index in [-0.39, 0.29) is 11.7 Å². The lowest BCUT2D eigenvalue weighted by Crippen LogP contribution is -2.24. The largest absolute Gasteiger partial charge is 0.507 e. The highest BCUT2D eigenvalue weighted by atomic mass is 35.5.